The summed E-state index contributed by atoms with van der Waals surface area (Å²) < 4.78 is 10.9. The number of aromatic nitrogens is 1. The van der Waals surface area contributed by atoms with Crippen molar-refractivity contribution in [1.29, 1.82) is 5.26 Å². The molecular formula is C27H38N4O3. The van der Waals surface area contributed by atoms with Crippen LogP contribution < -0.4 is 10.5 Å². The summed E-state index contributed by atoms with van der Waals surface area (Å²) in [6, 6.07) is 11.5. The molecule has 1 saturated heterocycles. The molecule has 0 atom stereocenters. The fraction of sp³-hybridized carbons (Fsp3) is 0.519. The summed E-state index contributed by atoms with van der Waals surface area (Å²) in [5, 5.41) is 8.36. The molecule has 1 aromatic heterocycles. The first kappa shape index (κ1) is 27.3. The molecule has 1 aromatic carbocycles. The highest BCUT2D eigenvalue weighted by molar-refractivity contribution is 5.52. The quantitative estimate of drug-likeness (QED) is 0.644. The highest BCUT2D eigenvalue weighted by Gasteiger charge is 2.24. The van der Waals surface area contributed by atoms with Gasteiger partial charge in [0.1, 0.15) is 18.4 Å². The van der Waals surface area contributed by atoms with E-state index >= 15 is 0 Å². The molecule has 0 amide bonds. The minimum absolute atomic E-state index is 0.129. The maximum atomic E-state index is 10.4. The highest BCUT2D eigenvalue weighted by Crippen LogP contribution is 2.38. The number of hydrogen-bond donors (Lipinski definition) is 1. The maximum Gasteiger partial charge on any atom is 0.157 e. The first-order valence-corrected chi connectivity index (χ1v) is 12.0. The van der Waals surface area contributed by atoms with E-state index in [0.717, 1.165) is 37.7 Å². The van der Waals surface area contributed by atoms with E-state index in [0.29, 0.717) is 23.3 Å². The number of ether oxygens (including phenoxy) is 2. The topological polar surface area (TPSA) is 101 Å². The molecule has 2 fully saturated rings. The molecule has 2 heterocycles. The number of nitrogens with zero attached hydrogens (tertiary/aromatic N) is 3. The van der Waals surface area contributed by atoms with E-state index < -0.39 is 0 Å². The lowest BCUT2D eigenvalue weighted by atomic mass is 9.82. The van der Waals surface area contributed by atoms with E-state index in [1.54, 1.807) is 13.2 Å². The Morgan fingerprint density at radius 2 is 1.85 bits per heavy atom. The number of nitrogens with two attached hydrogens (primary N) is 1. The molecule has 0 bridgehead atoms. The summed E-state index contributed by atoms with van der Waals surface area (Å²) in [6.45, 7) is 2.77. The van der Waals surface area contributed by atoms with Crippen LogP contribution in [-0.4, -0.2) is 56.1 Å². The second-order valence-electron chi connectivity index (χ2n) is 8.66. The molecule has 2 N–H and O–H groups in total. The number of pyridine rings is 1. The fourth-order valence-electron chi connectivity index (χ4n) is 4.24. The molecule has 0 unspecified atom stereocenters. The van der Waals surface area contributed by atoms with Gasteiger partial charge in [0.05, 0.1) is 23.6 Å². The minimum atomic E-state index is 0.129. The van der Waals surface area contributed by atoms with Gasteiger partial charge in [0, 0.05) is 13.3 Å². The van der Waals surface area contributed by atoms with Crippen molar-refractivity contribution in [2.24, 2.45) is 0 Å². The van der Waals surface area contributed by atoms with E-state index in [2.05, 4.69) is 23.0 Å². The molecule has 7 heteroatoms. The standard InChI is InChI=1S/C15H20O3.C6H5N3.C6H13N/c1-17-13-8-6-12(7-9-13)14-4-2-3-5-15(14)18-11-10-16;7-3-5-1-2-9-4-6(5)8;1-7-5-3-2-4-6-7/h2-5,10,12-13H,6-9,11H2,1H3;1-2,4H,8H2;2-6H2,1H3. The number of benzene rings is 1. The van der Waals surface area contributed by atoms with Crippen molar-refractivity contribution in [3.8, 4) is 11.8 Å². The average molecular weight is 467 g/mol. The van der Waals surface area contributed by atoms with Crippen molar-refractivity contribution in [2.45, 2.75) is 57.0 Å². The average Bonchev–Trinajstić information content (AvgIpc) is 2.89. The molecule has 7 nitrogen and oxygen atoms in total. The third-order valence-electron chi connectivity index (χ3n) is 6.23. The van der Waals surface area contributed by atoms with Gasteiger partial charge in [-0.05, 0) is 82.3 Å². The van der Waals surface area contributed by atoms with Crippen LogP contribution >= 0.6 is 0 Å². The SMILES string of the molecule is CN1CCCCC1.COC1CCC(c2ccccc2OCC=O)CC1.N#Cc1ccncc1N. The van der Waals surface area contributed by atoms with Gasteiger partial charge in [-0.15, -0.1) is 0 Å². The molecule has 0 spiro atoms. The number of nitrogen functional groups attached to an aromatic ring is 1. The number of carbonyl (C=O) groups is 1. The molecule has 2 aromatic rings. The van der Waals surface area contributed by atoms with Crippen molar-refractivity contribution >= 4 is 12.0 Å². The molecule has 34 heavy (non-hydrogen) atoms. The predicted molar refractivity (Wildman–Crippen MR) is 135 cm³/mol. The molecule has 1 aliphatic heterocycles. The van der Waals surface area contributed by atoms with Gasteiger partial charge < -0.3 is 20.1 Å². The number of likely N-dealkylation sites (tertiary alicyclic amines) is 1. The second kappa shape index (κ2) is 15.8. The lowest BCUT2D eigenvalue weighted by molar-refractivity contribution is -0.109. The van der Waals surface area contributed by atoms with Crippen molar-refractivity contribution in [1.82, 2.24) is 9.88 Å². The number of aldehydes is 1. The minimum Gasteiger partial charge on any atom is -0.486 e. The molecule has 1 saturated carbocycles. The van der Waals surface area contributed by atoms with Crippen molar-refractivity contribution < 1.29 is 14.3 Å². The Balaban J connectivity index is 0.000000211. The Labute approximate surface area is 203 Å². The van der Waals surface area contributed by atoms with Crippen molar-refractivity contribution in [3.63, 3.8) is 0 Å². The predicted octanol–water partition coefficient (Wildman–Crippen LogP) is 4.57. The maximum absolute atomic E-state index is 10.4. The summed E-state index contributed by atoms with van der Waals surface area (Å²) >= 11 is 0. The number of rotatable bonds is 5. The summed E-state index contributed by atoms with van der Waals surface area (Å²) in [7, 11) is 3.98. The highest BCUT2D eigenvalue weighted by atomic mass is 16.5. The summed E-state index contributed by atoms with van der Waals surface area (Å²) in [4.78, 5) is 16.5. The first-order valence-electron chi connectivity index (χ1n) is 12.0. The fourth-order valence-corrected chi connectivity index (χ4v) is 4.24. The zero-order chi connectivity index (χ0) is 24.6. The van der Waals surface area contributed by atoms with E-state index in [9.17, 15) is 4.79 Å². The van der Waals surface area contributed by atoms with Gasteiger partial charge in [-0.25, -0.2) is 0 Å². The van der Waals surface area contributed by atoms with Crippen LogP contribution in [0.15, 0.2) is 42.7 Å². The number of nitriles is 1. The van der Waals surface area contributed by atoms with Gasteiger partial charge in [0.25, 0.3) is 0 Å². The largest absolute Gasteiger partial charge is 0.486 e. The van der Waals surface area contributed by atoms with Crippen molar-refractivity contribution in [2.75, 3.05) is 39.6 Å². The third-order valence-corrected chi connectivity index (χ3v) is 6.23. The third kappa shape index (κ3) is 9.50. The zero-order valence-electron chi connectivity index (χ0n) is 20.5. The Hall–Kier alpha value is -2.95. The van der Waals surface area contributed by atoms with E-state index in [1.165, 1.54) is 50.3 Å². The molecule has 2 aliphatic rings. The number of carbonyl (C=O) groups excluding carboxylic acids is 1. The van der Waals surface area contributed by atoms with Crippen molar-refractivity contribution in [3.05, 3.63) is 53.9 Å². The van der Waals surface area contributed by atoms with Crippen LogP contribution in [0, 0.1) is 11.3 Å². The van der Waals surface area contributed by atoms with Gasteiger partial charge in [0.2, 0.25) is 0 Å². The summed E-state index contributed by atoms with van der Waals surface area (Å²) in [5.74, 6) is 1.38. The number of anilines is 1. The number of para-hydroxylation sites is 1. The van der Waals surface area contributed by atoms with E-state index in [4.69, 9.17) is 20.5 Å². The van der Waals surface area contributed by atoms with Gasteiger partial charge in [-0.1, -0.05) is 24.6 Å². The first-order chi connectivity index (χ1) is 16.6. The Morgan fingerprint density at radius 3 is 2.38 bits per heavy atom. The van der Waals surface area contributed by atoms with Crippen LogP contribution in [0.25, 0.3) is 0 Å². The van der Waals surface area contributed by atoms with Crippen LogP contribution in [-0.2, 0) is 9.53 Å². The normalized spacial score (nSPS) is 19.9. The Bertz CT molecular complexity index is 885. The lowest BCUT2D eigenvalue weighted by Gasteiger charge is -2.28. The van der Waals surface area contributed by atoms with E-state index in [1.807, 2.05) is 24.3 Å². The molecule has 1 aliphatic carbocycles. The van der Waals surface area contributed by atoms with Gasteiger partial charge in [-0.2, -0.15) is 5.26 Å². The number of methoxy groups -OCH3 is 1. The van der Waals surface area contributed by atoms with Crippen LogP contribution in [0.3, 0.4) is 0 Å². The summed E-state index contributed by atoms with van der Waals surface area (Å²) in [5.41, 5.74) is 7.48. The monoisotopic (exact) mass is 466 g/mol. The zero-order valence-corrected chi connectivity index (χ0v) is 20.5. The van der Waals surface area contributed by atoms with Crippen LogP contribution in [0.5, 0.6) is 5.75 Å². The Morgan fingerprint density at radius 1 is 1.15 bits per heavy atom. The number of hydrogen-bond acceptors (Lipinski definition) is 7. The van der Waals surface area contributed by atoms with Crippen LogP contribution in [0.4, 0.5) is 5.69 Å². The molecule has 4 rings (SSSR count). The molecule has 0 radical (unpaired) electrons. The lowest BCUT2D eigenvalue weighted by Crippen LogP contribution is -2.24. The van der Waals surface area contributed by atoms with Gasteiger partial charge >= 0.3 is 0 Å². The van der Waals surface area contributed by atoms with Gasteiger partial charge in [0.15, 0.2) is 6.29 Å². The smallest absolute Gasteiger partial charge is 0.157 e. The summed E-state index contributed by atoms with van der Waals surface area (Å²) in [6.07, 6.45) is 12.9. The van der Waals surface area contributed by atoms with E-state index in [-0.39, 0.29) is 6.61 Å². The Kier molecular flexibility index (Phi) is 12.7. The van der Waals surface area contributed by atoms with Crippen LogP contribution in [0.1, 0.15) is 62.0 Å². The van der Waals surface area contributed by atoms with Gasteiger partial charge in [-0.3, -0.25) is 9.78 Å². The number of piperidine rings is 1. The molecule has 184 valence electrons. The molecular weight excluding hydrogens is 428 g/mol. The van der Waals surface area contributed by atoms with Crippen LogP contribution in [0.2, 0.25) is 0 Å². The second-order valence-corrected chi connectivity index (χ2v) is 8.66.